The summed E-state index contributed by atoms with van der Waals surface area (Å²) in [6.45, 7) is 7.21. The highest BCUT2D eigenvalue weighted by Crippen LogP contribution is 2.23. The Bertz CT molecular complexity index is 294. The van der Waals surface area contributed by atoms with Gasteiger partial charge >= 0.3 is 0 Å². The van der Waals surface area contributed by atoms with Crippen LogP contribution in [0.5, 0.6) is 0 Å². The molecule has 3 nitrogen and oxygen atoms in total. The maximum atomic E-state index is 11.6. The first-order valence-corrected chi connectivity index (χ1v) is 7.14. The molecule has 0 bridgehead atoms. The average Bonchev–Trinajstić information content (AvgIpc) is 2.10. The van der Waals surface area contributed by atoms with Gasteiger partial charge in [0.15, 0.2) is 9.84 Å². The van der Waals surface area contributed by atoms with Crippen LogP contribution in [-0.4, -0.2) is 32.5 Å². The molecule has 90 valence electrons. The molecule has 1 atom stereocenters. The zero-order valence-corrected chi connectivity index (χ0v) is 11.0. The first-order chi connectivity index (χ1) is 6.77. The number of nitrogens with one attached hydrogen (secondary N) is 1. The van der Waals surface area contributed by atoms with Gasteiger partial charge in [-0.25, -0.2) is 8.42 Å². The number of sulfone groups is 1. The monoisotopic (exact) mass is 233 g/mol. The molecule has 0 aliphatic rings. The molecular formula is C11H23NO2S. The summed E-state index contributed by atoms with van der Waals surface area (Å²) in [4.78, 5) is 0. The maximum Gasteiger partial charge on any atom is 0.154 e. The molecule has 0 heterocycles. The van der Waals surface area contributed by atoms with E-state index in [0.717, 1.165) is 19.3 Å². The van der Waals surface area contributed by atoms with E-state index in [4.69, 9.17) is 0 Å². The summed E-state index contributed by atoms with van der Waals surface area (Å²) >= 11 is 0. The second kappa shape index (κ2) is 5.66. The van der Waals surface area contributed by atoms with Gasteiger partial charge in [0.1, 0.15) is 0 Å². The highest BCUT2D eigenvalue weighted by molar-refractivity contribution is 7.92. The molecular weight excluding hydrogens is 210 g/mol. The second-order valence-electron chi connectivity index (χ2n) is 4.44. The van der Waals surface area contributed by atoms with Crippen molar-refractivity contribution in [1.29, 1.82) is 0 Å². The topological polar surface area (TPSA) is 46.2 Å². The molecule has 0 spiro atoms. The van der Waals surface area contributed by atoms with Crippen molar-refractivity contribution in [3.05, 3.63) is 12.7 Å². The van der Waals surface area contributed by atoms with E-state index in [-0.39, 0.29) is 6.04 Å². The SMILES string of the molecule is C=CCCCC(NC)C(C)(C)S(C)(=O)=O. The fourth-order valence-corrected chi connectivity index (χ4v) is 2.32. The fraction of sp³-hybridized carbons (Fsp3) is 0.818. The molecule has 0 aromatic heterocycles. The van der Waals surface area contributed by atoms with Crippen molar-refractivity contribution in [3.63, 3.8) is 0 Å². The number of hydrogen-bond donors (Lipinski definition) is 1. The number of allylic oxidation sites excluding steroid dienone is 1. The number of rotatable bonds is 7. The van der Waals surface area contributed by atoms with Gasteiger partial charge in [0.2, 0.25) is 0 Å². The van der Waals surface area contributed by atoms with E-state index in [1.165, 1.54) is 6.26 Å². The van der Waals surface area contributed by atoms with Gasteiger partial charge in [-0.15, -0.1) is 6.58 Å². The van der Waals surface area contributed by atoms with Gasteiger partial charge < -0.3 is 5.32 Å². The summed E-state index contributed by atoms with van der Waals surface area (Å²) in [7, 11) is -1.23. The molecule has 0 fully saturated rings. The summed E-state index contributed by atoms with van der Waals surface area (Å²) in [5.74, 6) is 0. The highest BCUT2D eigenvalue weighted by Gasteiger charge is 2.37. The van der Waals surface area contributed by atoms with Crippen molar-refractivity contribution in [2.45, 2.75) is 43.9 Å². The Hall–Kier alpha value is -0.350. The third-order valence-corrected chi connectivity index (χ3v) is 5.24. The van der Waals surface area contributed by atoms with Gasteiger partial charge in [0.25, 0.3) is 0 Å². The first kappa shape index (κ1) is 14.6. The van der Waals surface area contributed by atoms with Crippen LogP contribution in [0.4, 0.5) is 0 Å². The van der Waals surface area contributed by atoms with Gasteiger partial charge in [0, 0.05) is 12.3 Å². The van der Waals surface area contributed by atoms with Crippen LogP contribution in [0.2, 0.25) is 0 Å². The lowest BCUT2D eigenvalue weighted by molar-refractivity contribution is 0.404. The van der Waals surface area contributed by atoms with E-state index in [2.05, 4.69) is 11.9 Å². The summed E-state index contributed by atoms with van der Waals surface area (Å²) in [6.07, 6.45) is 5.90. The van der Waals surface area contributed by atoms with Crippen molar-refractivity contribution in [2.75, 3.05) is 13.3 Å². The molecule has 0 amide bonds. The fourth-order valence-electron chi connectivity index (χ4n) is 1.56. The van der Waals surface area contributed by atoms with E-state index >= 15 is 0 Å². The molecule has 0 saturated carbocycles. The van der Waals surface area contributed by atoms with Crippen LogP contribution in [0.25, 0.3) is 0 Å². The van der Waals surface area contributed by atoms with Gasteiger partial charge in [-0.3, -0.25) is 0 Å². The lowest BCUT2D eigenvalue weighted by Crippen LogP contribution is -2.50. The first-order valence-electron chi connectivity index (χ1n) is 5.25. The Morgan fingerprint density at radius 2 is 2.00 bits per heavy atom. The minimum atomic E-state index is -3.04. The zero-order valence-electron chi connectivity index (χ0n) is 10.2. The van der Waals surface area contributed by atoms with Crippen molar-refractivity contribution in [1.82, 2.24) is 5.32 Å². The lowest BCUT2D eigenvalue weighted by atomic mass is 9.97. The average molecular weight is 233 g/mol. The minimum absolute atomic E-state index is 0.00699. The summed E-state index contributed by atoms with van der Waals surface area (Å²) in [5, 5.41) is 3.09. The molecule has 0 aromatic carbocycles. The van der Waals surface area contributed by atoms with E-state index < -0.39 is 14.6 Å². The quantitative estimate of drug-likeness (QED) is 0.538. The molecule has 0 radical (unpaired) electrons. The van der Waals surface area contributed by atoms with Crippen molar-refractivity contribution >= 4 is 9.84 Å². The number of hydrogen-bond acceptors (Lipinski definition) is 3. The predicted octanol–water partition coefficient (Wildman–Crippen LogP) is 1.75. The molecule has 4 heteroatoms. The predicted molar refractivity (Wildman–Crippen MR) is 65.8 cm³/mol. The van der Waals surface area contributed by atoms with E-state index in [1.807, 2.05) is 13.1 Å². The van der Waals surface area contributed by atoms with Crippen LogP contribution in [0, 0.1) is 0 Å². The van der Waals surface area contributed by atoms with Crippen molar-refractivity contribution in [3.8, 4) is 0 Å². The normalized spacial score (nSPS) is 14.9. The molecule has 1 unspecified atom stereocenters. The maximum absolute atomic E-state index is 11.6. The highest BCUT2D eigenvalue weighted by atomic mass is 32.2. The van der Waals surface area contributed by atoms with Gasteiger partial charge in [-0.05, 0) is 40.2 Å². The lowest BCUT2D eigenvalue weighted by Gasteiger charge is -2.32. The Balaban J connectivity index is 4.59. The summed E-state index contributed by atoms with van der Waals surface area (Å²) in [6, 6.07) is -0.00699. The smallest absolute Gasteiger partial charge is 0.154 e. The Morgan fingerprint density at radius 3 is 2.33 bits per heavy atom. The standard InChI is InChI=1S/C11H23NO2S/c1-6-7-8-9-10(12-4)11(2,3)15(5,13)14/h6,10,12H,1,7-9H2,2-5H3. The van der Waals surface area contributed by atoms with Crippen LogP contribution in [-0.2, 0) is 9.84 Å². The molecule has 0 saturated heterocycles. The molecule has 1 N–H and O–H groups in total. The van der Waals surface area contributed by atoms with Crippen LogP contribution in [0.3, 0.4) is 0 Å². The summed E-state index contributed by atoms with van der Waals surface area (Å²) < 4.78 is 22.5. The molecule has 0 aromatic rings. The molecule has 0 aliphatic heterocycles. The van der Waals surface area contributed by atoms with E-state index in [0.29, 0.717) is 0 Å². The zero-order chi connectivity index (χ0) is 12.1. The Labute approximate surface area is 93.9 Å². The molecule has 15 heavy (non-hydrogen) atoms. The van der Waals surface area contributed by atoms with Gasteiger partial charge in [-0.1, -0.05) is 6.08 Å². The largest absolute Gasteiger partial charge is 0.315 e. The Kier molecular flexibility index (Phi) is 5.53. The van der Waals surface area contributed by atoms with Gasteiger partial charge in [-0.2, -0.15) is 0 Å². The van der Waals surface area contributed by atoms with E-state index in [1.54, 1.807) is 13.8 Å². The number of unbranched alkanes of at least 4 members (excludes halogenated alkanes) is 1. The second-order valence-corrected chi connectivity index (χ2v) is 7.03. The third-order valence-electron chi connectivity index (χ3n) is 3.04. The van der Waals surface area contributed by atoms with Crippen LogP contribution >= 0.6 is 0 Å². The van der Waals surface area contributed by atoms with Crippen molar-refractivity contribution < 1.29 is 8.42 Å². The van der Waals surface area contributed by atoms with Crippen LogP contribution in [0.1, 0.15) is 33.1 Å². The van der Waals surface area contributed by atoms with Crippen LogP contribution < -0.4 is 5.32 Å². The third kappa shape index (κ3) is 3.95. The molecule has 0 aliphatic carbocycles. The molecule has 0 rings (SSSR count). The minimum Gasteiger partial charge on any atom is -0.315 e. The van der Waals surface area contributed by atoms with Crippen LogP contribution in [0.15, 0.2) is 12.7 Å². The van der Waals surface area contributed by atoms with Crippen molar-refractivity contribution in [2.24, 2.45) is 0 Å². The van der Waals surface area contributed by atoms with Gasteiger partial charge in [0.05, 0.1) is 4.75 Å². The summed E-state index contributed by atoms with van der Waals surface area (Å²) in [5.41, 5.74) is 0. The Morgan fingerprint density at radius 1 is 1.47 bits per heavy atom. The van der Waals surface area contributed by atoms with E-state index in [9.17, 15) is 8.42 Å².